The van der Waals surface area contributed by atoms with Crippen LogP contribution in [0.15, 0.2) is 77.5 Å². The minimum Gasteiger partial charge on any atom is -0.471 e. The van der Waals surface area contributed by atoms with E-state index in [1.54, 1.807) is 27.7 Å². The molecule has 0 spiro atoms. The van der Waals surface area contributed by atoms with Crippen LogP contribution in [0.1, 0.15) is 21.6 Å². The molecule has 2 aromatic carbocycles. The van der Waals surface area contributed by atoms with Gasteiger partial charge in [-0.15, -0.1) is 0 Å². The van der Waals surface area contributed by atoms with E-state index in [9.17, 15) is 4.79 Å². The summed E-state index contributed by atoms with van der Waals surface area (Å²) in [5.41, 5.74) is 2.65. The van der Waals surface area contributed by atoms with Crippen molar-refractivity contribution in [2.45, 2.75) is 20.2 Å². The fraction of sp³-hybridized carbons (Fsp3) is 0.136. The molecule has 2 aromatic heterocycles. The average Bonchev–Trinajstić information content (AvgIpc) is 3.37. The smallest absolute Gasteiger partial charge is 0.277 e. The minimum absolute atomic E-state index is 0.208. The quantitative estimate of drug-likeness (QED) is 0.436. The van der Waals surface area contributed by atoms with E-state index < -0.39 is 0 Å². The predicted octanol–water partition coefficient (Wildman–Crippen LogP) is 4.49. The van der Waals surface area contributed by atoms with Crippen LogP contribution in [0.5, 0.6) is 5.75 Å². The molecule has 0 aliphatic heterocycles. The lowest BCUT2D eigenvalue weighted by atomic mass is 10.1. The number of anilines is 1. The molecule has 7 nitrogen and oxygen atoms in total. The van der Waals surface area contributed by atoms with Crippen molar-refractivity contribution < 1.29 is 9.53 Å². The molecule has 0 saturated heterocycles. The molecule has 0 radical (unpaired) electrons. The number of benzene rings is 2. The van der Waals surface area contributed by atoms with E-state index >= 15 is 0 Å². The summed E-state index contributed by atoms with van der Waals surface area (Å²) in [7, 11) is 0. The number of amides is 1. The Morgan fingerprint density at radius 2 is 1.83 bits per heavy atom. The fourth-order valence-corrected chi connectivity index (χ4v) is 3.18. The van der Waals surface area contributed by atoms with Crippen molar-refractivity contribution in [3.8, 4) is 5.75 Å². The Kier molecular flexibility index (Phi) is 5.94. The number of rotatable bonds is 7. The number of nitrogens with zero attached hydrogens (tertiary/aromatic N) is 4. The summed E-state index contributed by atoms with van der Waals surface area (Å²) in [6.07, 6.45) is 3.53. The third kappa shape index (κ3) is 5.15. The number of carbonyl (C=O) groups is 1. The van der Waals surface area contributed by atoms with Gasteiger partial charge in [0.2, 0.25) is 0 Å². The van der Waals surface area contributed by atoms with Crippen molar-refractivity contribution in [1.82, 2.24) is 19.6 Å². The monoisotopic (exact) mass is 465 g/mol. The van der Waals surface area contributed by atoms with Gasteiger partial charge >= 0.3 is 0 Å². The largest absolute Gasteiger partial charge is 0.471 e. The van der Waals surface area contributed by atoms with Crippen molar-refractivity contribution >= 4 is 27.7 Å². The van der Waals surface area contributed by atoms with Crippen molar-refractivity contribution in [3.63, 3.8) is 0 Å². The highest BCUT2D eigenvalue weighted by Crippen LogP contribution is 2.16. The molecule has 0 aliphatic carbocycles. The Labute approximate surface area is 182 Å². The van der Waals surface area contributed by atoms with E-state index in [4.69, 9.17) is 4.74 Å². The number of aryl methyl sites for hydroxylation is 1. The van der Waals surface area contributed by atoms with E-state index in [2.05, 4.69) is 56.6 Å². The van der Waals surface area contributed by atoms with Crippen LogP contribution in [-0.4, -0.2) is 25.5 Å². The molecule has 0 aliphatic rings. The first kappa shape index (κ1) is 19.9. The lowest BCUT2D eigenvalue weighted by molar-refractivity contribution is 0.101. The Morgan fingerprint density at radius 3 is 2.63 bits per heavy atom. The SMILES string of the molecule is Cc1cccc(Cn2ccc(NC(=O)c3ccn(COc4ccc(Br)cc4)n3)n2)c1. The maximum atomic E-state index is 12.5. The van der Waals surface area contributed by atoms with Gasteiger partial charge in [-0.25, -0.2) is 4.68 Å². The predicted molar refractivity (Wildman–Crippen MR) is 117 cm³/mol. The van der Waals surface area contributed by atoms with Crippen LogP contribution in [0.4, 0.5) is 5.82 Å². The van der Waals surface area contributed by atoms with Crippen LogP contribution in [0.2, 0.25) is 0 Å². The first-order valence-electron chi connectivity index (χ1n) is 9.37. The number of aromatic nitrogens is 4. The molecule has 30 heavy (non-hydrogen) atoms. The van der Waals surface area contributed by atoms with Gasteiger partial charge < -0.3 is 10.1 Å². The van der Waals surface area contributed by atoms with E-state index in [1.807, 2.05) is 36.5 Å². The zero-order valence-corrected chi connectivity index (χ0v) is 17.9. The molecular weight excluding hydrogens is 446 g/mol. The summed E-state index contributed by atoms with van der Waals surface area (Å²) in [6, 6.07) is 19.2. The van der Waals surface area contributed by atoms with Gasteiger partial charge in [0.25, 0.3) is 5.91 Å². The highest BCUT2D eigenvalue weighted by atomic mass is 79.9. The van der Waals surface area contributed by atoms with Gasteiger partial charge in [-0.2, -0.15) is 10.2 Å². The summed E-state index contributed by atoms with van der Waals surface area (Å²) in [6.45, 7) is 2.90. The number of nitrogens with one attached hydrogen (secondary N) is 1. The van der Waals surface area contributed by atoms with Crippen molar-refractivity contribution in [1.29, 1.82) is 0 Å². The lowest BCUT2D eigenvalue weighted by Gasteiger charge is -2.06. The highest BCUT2D eigenvalue weighted by molar-refractivity contribution is 9.10. The van der Waals surface area contributed by atoms with Crippen LogP contribution >= 0.6 is 15.9 Å². The van der Waals surface area contributed by atoms with Gasteiger partial charge in [0.05, 0.1) is 6.54 Å². The van der Waals surface area contributed by atoms with E-state index in [0.717, 1.165) is 15.8 Å². The second-order valence-electron chi connectivity index (χ2n) is 6.81. The molecule has 152 valence electrons. The number of hydrogen-bond donors (Lipinski definition) is 1. The van der Waals surface area contributed by atoms with E-state index in [1.165, 1.54) is 5.56 Å². The van der Waals surface area contributed by atoms with Crippen LogP contribution in [0, 0.1) is 6.92 Å². The maximum Gasteiger partial charge on any atom is 0.277 e. The average molecular weight is 466 g/mol. The topological polar surface area (TPSA) is 74.0 Å². The van der Waals surface area contributed by atoms with E-state index in [0.29, 0.717) is 18.1 Å². The van der Waals surface area contributed by atoms with Crippen molar-refractivity contribution in [2.24, 2.45) is 0 Å². The molecule has 4 aromatic rings. The summed E-state index contributed by atoms with van der Waals surface area (Å²) in [4.78, 5) is 12.5. The molecule has 8 heteroatoms. The van der Waals surface area contributed by atoms with Gasteiger partial charge in [-0.3, -0.25) is 9.48 Å². The highest BCUT2D eigenvalue weighted by Gasteiger charge is 2.12. The first-order valence-corrected chi connectivity index (χ1v) is 10.2. The second-order valence-corrected chi connectivity index (χ2v) is 7.73. The second kappa shape index (κ2) is 8.96. The number of hydrogen-bond acceptors (Lipinski definition) is 4. The van der Waals surface area contributed by atoms with Gasteiger partial charge in [0.15, 0.2) is 18.2 Å². The molecule has 0 unspecified atom stereocenters. The minimum atomic E-state index is -0.321. The number of carbonyl (C=O) groups excluding carboxylic acids is 1. The maximum absolute atomic E-state index is 12.5. The molecule has 0 atom stereocenters. The van der Waals surface area contributed by atoms with Gasteiger partial charge in [-0.1, -0.05) is 45.8 Å². The van der Waals surface area contributed by atoms with Gasteiger partial charge in [0.1, 0.15) is 5.75 Å². The molecule has 0 fully saturated rings. The zero-order valence-electron chi connectivity index (χ0n) is 16.3. The van der Waals surface area contributed by atoms with Crippen LogP contribution in [0.25, 0.3) is 0 Å². The summed E-state index contributed by atoms with van der Waals surface area (Å²) < 4.78 is 9.99. The number of halogens is 1. The normalized spacial score (nSPS) is 10.7. The van der Waals surface area contributed by atoms with Crippen LogP contribution < -0.4 is 10.1 Å². The van der Waals surface area contributed by atoms with Gasteiger partial charge in [-0.05, 0) is 42.8 Å². The van der Waals surface area contributed by atoms with Crippen LogP contribution in [-0.2, 0) is 13.3 Å². The van der Waals surface area contributed by atoms with Crippen LogP contribution in [0.3, 0.4) is 0 Å². The van der Waals surface area contributed by atoms with Gasteiger partial charge in [0, 0.05) is 22.9 Å². The van der Waals surface area contributed by atoms with Crippen molar-refractivity contribution in [3.05, 3.63) is 94.4 Å². The molecule has 0 saturated carbocycles. The zero-order chi connectivity index (χ0) is 20.9. The molecular formula is C22H20BrN5O2. The van der Waals surface area contributed by atoms with Crippen molar-refractivity contribution in [2.75, 3.05) is 5.32 Å². The first-order chi connectivity index (χ1) is 14.5. The van der Waals surface area contributed by atoms with E-state index in [-0.39, 0.29) is 12.6 Å². The Bertz CT molecular complexity index is 1150. The summed E-state index contributed by atoms with van der Waals surface area (Å²) >= 11 is 3.38. The standard InChI is InChI=1S/C22H20BrN5O2/c1-16-3-2-4-17(13-16)14-27-12-10-21(26-27)24-22(29)20-9-11-28(25-20)15-30-19-7-5-18(23)6-8-19/h2-13H,14-15H2,1H3,(H,24,26,29). The molecule has 4 rings (SSSR count). The Morgan fingerprint density at radius 1 is 1.03 bits per heavy atom. The molecule has 1 amide bonds. The molecule has 2 heterocycles. The molecule has 1 N–H and O–H groups in total. The lowest BCUT2D eigenvalue weighted by Crippen LogP contribution is -2.15. The Balaban J connectivity index is 1.33. The summed E-state index contributed by atoms with van der Waals surface area (Å²) in [5, 5.41) is 11.4. The Hall–Kier alpha value is -3.39. The fourth-order valence-electron chi connectivity index (χ4n) is 2.92. The third-order valence-electron chi connectivity index (χ3n) is 4.36. The molecule has 0 bridgehead atoms. The third-order valence-corrected chi connectivity index (χ3v) is 4.89. The number of ether oxygens (including phenoxy) is 1. The summed E-state index contributed by atoms with van der Waals surface area (Å²) in [5.74, 6) is 0.880.